The Labute approximate surface area is 107 Å². The lowest BCUT2D eigenvalue weighted by molar-refractivity contribution is 0.0786. The van der Waals surface area contributed by atoms with Crippen LogP contribution in [0.5, 0.6) is 0 Å². The van der Waals surface area contributed by atoms with Crippen LogP contribution in [0.15, 0.2) is 18.2 Å². The predicted octanol–water partition coefficient (Wildman–Crippen LogP) is 1.95. The number of likely N-dealkylation sites (tertiary alicyclic amines) is 1. The molecule has 1 atom stereocenters. The summed E-state index contributed by atoms with van der Waals surface area (Å²) in [6, 6.07) is 4.67. The molecule has 0 bridgehead atoms. The van der Waals surface area contributed by atoms with Gasteiger partial charge in [0.2, 0.25) is 0 Å². The fraction of sp³-hybridized carbons (Fsp3) is 0.500. The summed E-state index contributed by atoms with van der Waals surface area (Å²) in [6.07, 6.45) is 1.95. The third-order valence-corrected chi connectivity index (χ3v) is 3.57. The summed E-state index contributed by atoms with van der Waals surface area (Å²) >= 11 is 0. The first-order chi connectivity index (χ1) is 8.61. The number of amides is 1. The van der Waals surface area contributed by atoms with Crippen LogP contribution in [0.1, 0.15) is 28.8 Å². The fourth-order valence-electron chi connectivity index (χ4n) is 2.40. The van der Waals surface area contributed by atoms with E-state index in [1.54, 1.807) is 24.0 Å². The molecule has 0 radical (unpaired) electrons. The highest BCUT2D eigenvalue weighted by molar-refractivity contribution is 5.94. The maximum Gasteiger partial charge on any atom is 0.253 e. The molecule has 1 aromatic rings. The van der Waals surface area contributed by atoms with E-state index in [1.807, 2.05) is 0 Å². The summed E-state index contributed by atoms with van der Waals surface area (Å²) in [6.45, 7) is 3.84. The number of nitrogens with two attached hydrogens (primary N) is 1. The minimum Gasteiger partial charge on any atom is -0.338 e. The molecule has 18 heavy (non-hydrogen) atoms. The quantitative estimate of drug-likeness (QED) is 0.891. The summed E-state index contributed by atoms with van der Waals surface area (Å²) in [5, 5.41) is 0. The number of aryl methyl sites for hydroxylation is 1. The first-order valence-corrected chi connectivity index (χ1v) is 6.37. The fourth-order valence-corrected chi connectivity index (χ4v) is 2.40. The van der Waals surface area contributed by atoms with Gasteiger partial charge in [-0.05, 0) is 49.9 Å². The summed E-state index contributed by atoms with van der Waals surface area (Å²) in [5.74, 6) is 0.0984. The van der Waals surface area contributed by atoms with Crippen LogP contribution >= 0.6 is 0 Å². The Morgan fingerprint density at radius 3 is 3.00 bits per heavy atom. The van der Waals surface area contributed by atoms with E-state index in [-0.39, 0.29) is 11.7 Å². The molecule has 3 nitrogen and oxygen atoms in total. The molecule has 2 rings (SSSR count). The number of carbonyl (C=O) groups is 1. The smallest absolute Gasteiger partial charge is 0.253 e. The Morgan fingerprint density at radius 2 is 2.33 bits per heavy atom. The lowest BCUT2D eigenvalue weighted by Gasteiger charge is -2.16. The molecular weight excluding hydrogens is 231 g/mol. The van der Waals surface area contributed by atoms with Gasteiger partial charge in [-0.25, -0.2) is 4.39 Å². The van der Waals surface area contributed by atoms with E-state index < -0.39 is 0 Å². The average Bonchev–Trinajstić information content (AvgIpc) is 2.81. The molecule has 1 saturated heterocycles. The Morgan fingerprint density at radius 1 is 1.56 bits per heavy atom. The maximum absolute atomic E-state index is 13.4. The highest BCUT2D eigenvalue weighted by Gasteiger charge is 2.26. The molecular formula is C14H19FN2O. The Balaban J connectivity index is 2.05. The molecule has 0 spiro atoms. The standard InChI is InChI=1S/C14H19FN2O/c1-10-2-3-12(8-13(10)15)14(18)17-7-5-11(9-17)4-6-16/h2-3,8,11H,4-7,9,16H2,1H3. The van der Waals surface area contributed by atoms with Gasteiger partial charge in [0.1, 0.15) is 5.82 Å². The van der Waals surface area contributed by atoms with Crippen LogP contribution in [-0.2, 0) is 0 Å². The van der Waals surface area contributed by atoms with Gasteiger partial charge in [0.05, 0.1) is 0 Å². The van der Waals surface area contributed by atoms with Crippen molar-refractivity contribution in [2.24, 2.45) is 11.7 Å². The highest BCUT2D eigenvalue weighted by atomic mass is 19.1. The van der Waals surface area contributed by atoms with E-state index in [9.17, 15) is 9.18 Å². The van der Waals surface area contributed by atoms with Crippen molar-refractivity contribution in [3.8, 4) is 0 Å². The molecule has 0 aliphatic carbocycles. The molecule has 1 unspecified atom stereocenters. The van der Waals surface area contributed by atoms with Gasteiger partial charge in [-0.2, -0.15) is 0 Å². The highest BCUT2D eigenvalue weighted by Crippen LogP contribution is 2.21. The molecule has 1 heterocycles. The SMILES string of the molecule is Cc1ccc(C(=O)N2CCC(CCN)C2)cc1F. The van der Waals surface area contributed by atoms with E-state index in [1.165, 1.54) is 6.07 Å². The molecule has 1 amide bonds. The first-order valence-electron chi connectivity index (χ1n) is 6.37. The number of hydrogen-bond acceptors (Lipinski definition) is 2. The van der Waals surface area contributed by atoms with Crippen LogP contribution in [0.4, 0.5) is 4.39 Å². The second-order valence-corrected chi connectivity index (χ2v) is 4.95. The summed E-state index contributed by atoms with van der Waals surface area (Å²) < 4.78 is 13.4. The second kappa shape index (κ2) is 5.48. The van der Waals surface area contributed by atoms with Crippen molar-refractivity contribution >= 4 is 5.91 Å². The van der Waals surface area contributed by atoms with E-state index in [2.05, 4.69) is 0 Å². The molecule has 4 heteroatoms. The van der Waals surface area contributed by atoms with Crippen LogP contribution in [-0.4, -0.2) is 30.4 Å². The maximum atomic E-state index is 13.4. The van der Waals surface area contributed by atoms with Crippen molar-refractivity contribution in [2.45, 2.75) is 19.8 Å². The summed E-state index contributed by atoms with van der Waals surface area (Å²) in [7, 11) is 0. The number of rotatable bonds is 3. The second-order valence-electron chi connectivity index (χ2n) is 4.95. The number of benzene rings is 1. The van der Waals surface area contributed by atoms with E-state index >= 15 is 0 Å². The summed E-state index contributed by atoms with van der Waals surface area (Å²) in [4.78, 5) is 14.0. The van der Waals surface area contributed by atoms with Gasteiger partial charge in [-0.3, -0.25) is 4.79 Å². The monoisotopic (exact) mass is 250 g/mol. The minimum atomic E-state index is -0.321. The topological polar surface area (TPSA) is 46.3 Å². The minimum absolute atomic E-state index is 0.0755. The van der Waals surface area contributed by atoms with Crippen molar-refractivity contribution in [1.29, 1.82) is 0 Å². The largest absolute Gasteiger partial charge is 0.338 e. The Kier molecular flexibility index (Phi) is 3.97. The van der Waals surface area contributed by atoms with Gasteiger partial charge in [0, 0.05) is 18.7 Å². The first kappa shape index (κ1) is 13.0. The number of nitrogens with zero attached hydrogens (tertiary/aromatic N) is 1. The van der Waals surface area contributed by atoms with Crippen molar-refractivity contribution in [3.63, 3.8) is 0 Å². The van der Waals surface area contributed by atoms with E-state index in [0.717, 1.165) is 25.9 Å². The Bertz CT molecular complexity index is 447. The van der Waals surface area contributed by atoms with Crippen molar-refractivity contribution in [1.82, 2.24) is 4.90 Å². The van der Waals surface area contributed by atoms with Gasteiger partial charge in [-0.1, -0.05) is 6.07 Å². The number of hydrogen-bond donors (Lipinski definition) is 1. The van der Waals surface area contributed by atoms with Gasteiger partial charge >= 0.3 is 0 Å². The zero-order chi connectivity index (χ0) is 13.1. The zero-order valence-electron chi connectivity index (χ0n) is 10.7. The van der Waals surface area contributed by atoms with Crippen molar-refractivity contribution < 1.29 is 9.18 Å². The Hall–Kier alpha value is -1.42. The van der Waals surface area contributed by atoms with Gasteiger partial charge in [-0.15, -0.1) is 0 Å². The third-order valence-electron chi connectivity index (χ3n) is 3.57. The molecule has 2 N–H and O–H groups in total. The van der Waals surface area contributed by atoms with Crippen molar-refractivity contribution in [2.75, 3.05) is 19.6 Å². The molecule has 1 fully saturated rings. The molecule has 0 saturated carbocycles. The van der Waals surface area contributed by atoms with Crippen LogP contribution < -0.4 is 5.73 Å². The van der Waals surface area contributed by atoms with Crippen molar-refractivity contribution in [3.05, 3.63) is 35.1 Å². The van der Waals surface area contributed by atoms with E-state index in [4.69, 9.17) is 5.73 Å². The molecule has 0 aromatic heterocycles. The third kappa shape index (κ3) is 2.70. The molecule has 1 aliphatic rings. The molecule has 98 valence electrons. The number of carbonyl (C=O) groups excluding carboxylic acids is 1. The van der Waals surface area contributed by atoms with Gasteiger partial charge in [0.25, 0.3) is 5.91 Å². The number of halogens is 1. The van der Waals surface area contributed by atoms with Crippen LogP contribution in [0.3, 0.4) is 0 Å². The average molecular weight is 250 g/mol. The lowest BCUT2D eigenvalue weighted by Crippen LogP contribution is -2.29. The van der Waals surface area contributed by atoms with Gasteiger partial charge < -0.3 is 10.6 Å². The van der Waals surface area contributed by atoms with E-state index in [0.29, 0.717) is 23.6 Å². The predicted molar refractivity (Wildman–Crippen MR) is 68.8 cm³/mol. The van der Waals surface area contributed by atoms with Crippen LogP contribution in [0.2, 0.25) is 0 Å². The lowest BCUT2D eigenvalue weighted by atomic mass is 10.1. The normalized spacial score (nSPS) is 19.3. The molecule has 1 aliphatic heterocycles. The summed E-state index contributed by atoms with van der Waals surface area (Å²) in [5.41, 5.74) is 6.52. The van der Waals surface area contributed by atoms with Crippen LogP contribution in [0, 0.1) is 18.7 Å². The zero-order valence-corrected chi connectivity index (χ0v) is 10.7. The van der Waals surface area contributed by atoms with Gasteiger partial charge in [0.15, 0.2) is 0 Å². The molecule has 1 aromatic carbocycles. The van der Waals surface area contributed by atoms with Crippen LogP contribution in [0.25, 0.3) is 0 Å².